The predicted molar refractivity (Wildman–Crippen MR) is 115 cm³/mol. The molecule has 0 fully saturated rings. The van der Waals surface area contributed by atoms with Gasteiger partial charge in [0.05, 0.1) is 18.1 Å². The SMILES string of the molecule is CC(C)[C@@H](NS(=O)(=O)c1ccc2c(c1)OCCCO2)C(=O)NCCC1=CCCCC1. The van der Waals surface area contributed by atoms with Crippen LogP contribution in [0, 0.1) is 5.92 Å². The number of allylic oxidation sites excluding steroid dienone is 1. The molecule has 0 bridgehead atoms. The van der Waals surface area contributed by atoms with Crippen LogP contribution in [0.4, 0.5) is 0 Å². The normalized spacial score (nSPS) is 17.8. The minimum Gasteiger partial charge on any atom is -0.490 e. The lowest BCUT2D eigenvalue weighted by Crippen LogP contribution is -2.49. The second kappa shape index (κ2) is 10.3. The summed E-state index contributed by atoms with van der Waals surface area (Å²) in [5.74, 6) is 0.428. The van der Waals surface area contributed by atoms with Crippen molar-refractivity contribution in [2.75, 3.05) is 19.8 Å². The zero-order valence-electron chi connectivity index (χ0n) is 17.8. The van der Waals surface area contributed by atoms with E-state index in [0.29, 0.717) is 31.3 Å². The lowest BCUT2D eigenvalue weighted by molar-refractivity contribution is -0.123. The number of ether oxygens (including phenoxy) is 2. The zero-order valence-corrected chi connectivity index (χ0v) is 18.6. The molecule has 8 heteroatoms. The van der Waals surface area contributed by atoms with Crippen molar-refractivity contribution in [1.82, 2.24) is 10.0 Å². The molecule has 1 aromatic carbocycles. The molecule has 0 saturated carbocycles. The first-order chi connectivity index (χ1) is 14.4. The van der Waals surface area contributed by atoms with Gasteiger partial charge in [-0.1, -0.05) is 25.5 Å². The Morgan fingerprint density at radius 1 is 1.10 bits per heavy atom. The summed E-state index contributed by atoms with van der Waals surface area (Å²) in [5, 5.41) is 2.89. The molecule has 1 aliphatic carbocycles. The number of amides is 1. The summed E-state index contributed by atoms with van der Waals surface area (Å²) in [6.07, 6.45) is 8.42. The van der Waals surface area contributed by atoms with E-state index in [1.54, 1.807) is 6.07 Å². The van der Waals surface area contributed by atoms with Gasteiger partial charge in [-0.25, -0.2) is 8.42 Å². The largest absolute Gasteiger partial charge is 0.490 e. The fourth-order valence-corrected chi connectivity index (χ4v) is 4.99. The number of hydrogen-bond donors (Lipinski definition) is 2. The number of rotatable bonds is 8. The standard InChI is InChI=1S/C22H32N2O5S/c1-16(2)21(22(25)23-12-11-17-7-4-3-5-8-17)24-30(26,27)18-9-10-19-20(15-18)29-14-6-13-28-19/h7,9-10,15-16,21,24H,3-6,8,11-14H2,1-2H3,(H,23,25)/t21-/m1/s1. The monoisotopic (exact) mass is 436 g/mol. The highest BCUT2D eigenvalue weighted by molar-refractivity contribution is 7.89. The van der Waals surface area contributed by atoms with E-state index in [4.69, 9.17) is 9.47 Å². The van der Waals surface area contributed by atoms with Crippen LogP contribution in [0.3, 0.4) is 0 Å². The van der Waals surface area contributed by atoms with E-state index in [1.807, 2.05) is 13.8 Å². The summed E-state index contributed by atoms with van der Waals surface area (Å²) in [6, 6.07) is 3.66. The smallest absolute Gasteiger partial charge is 0.241 e. The first kappa shape index (κ1) is 22.6. The quantitative estimate of drug-likeness (QED) is 0.611. The highest BCUT2D eigenvalue weighted by atomic mass is 32.2. The van der Waals surface area contributed by atoms with Crippen LogP contribution in [0.25, 0.3) is 0 Å². The molecule has 1 aliphatic heterocycles. The number of fused-ring (bicyclic) bond motifs is 1. The predicted octanol–water partition coefficient (Wildman–Crippen LogP) is 3.16. The van der Waals surface area contributed by atoms with Crippen molar-refractivity contribution in [2.45, 2.75) is 63.3 Å². The van der Waals surface area contributed by atoms with Crippen molar-refractivity contribution in [2.24, 2.45) is 5.92 Å². The Morgan fingerprint density at radius 2 is 1.87 bits per heavy atom. The summed E-state index contributed by atoms with van der Waals surface area (Å²) >= 11 is 0. The molecule has 0 aromatic heterocycles. The van der Waals surface area contributed by atoms with E-state index >= 15 is 0 Å². The Kier molecular flexibility index (Phi) is 7.77. The third-order valence-corrected chi connectivity index (χ3v) is 6.83. The van der Waals surface area contributed by atoms with Crippen LogP contribution in [-0.2, 0) is 14.8 Å². The maximum absolute atomic E-state index is 12.9. The Bertz CT molecular complexity index is 880. The molecule has 166 valence electrons. The summed E-state index contributed by atoms with van der Waals surface area (Å²) in [6.45, 7) is 5.16. The van der Waals surface area contributed by atoms with Gasteiger partial charge >= 0.3 is 0 Å². The van der Waals surface area contributed by atoms with Gasteiger partial charge in [0.15, 0.2) is 11.5 Å². The van der Waals surface area contributed by atoms with Crippen molar-refractivity contribution >= 4 is 15.9 Å². The molecule has 30 heavy (non-hydrogen) atoms. The average molecular weight is 437 g/mol. The summed E-state index contributed by atoms with van der Waals surface area (Å²) < 4.78 is 39.6. The van der Waals surface area contributed by atoms with Gasteiger partial charge in [0.1, 0.15) is 6.04 Å². The molecule has 0 saturated heterocycles. The van der Waals surface area contributed by atoms with E-state index in [9.17, 15) is 13.2 Å². The van der Waals surface area contributed by atoms with Gasteiger partial charge in [-0.15, -0.1) is 0 Å². The number of hydrogen-bond acceptors (Lipinski definition) is 5. The maximum Gasteiger partial charge on any atom is 0.241 e. The minimum atomic E-state index is -3.90. The summed E-state index contributed by atoms with van der Waals surface area (Å²) in [5.41, 5.74) is 1.37. The second-order valence-corrected chi connectivity index (χ2v) is 9.87. The number of sulfonamides is 1. The van der Waals surface area contributed by atoms with Gasteiger partial charge in [-0.3, -0.25) is 4.79 Å². The number of nitrogens with one attached hydrogen (secondary N) is 2. The third-order valence-electron chi connectivity index (χ3n) is 5.39. The van der Waals surface area contributed by atoms with Crippen molar-refractivity contribution in [3.63, 3.8) is 0 Å². The first-order valence-corrected chi connectivity index (χ1v) is 12.2. The summed E-state index contributed by atoms with van der Waals surface area (Å²) in [4.78, 5) is 12.8. The highest BCUT2D eigenvalue weighted by Gasteiger charge is 2.29. The van der Waals surface area contributed by atoms with Crippen molar-refractivity contribution in [3.05, 3.63) is 29.8 Å². The van der Waals surface area contributed by atoms with Gasteiger partial charge in [0, 0.05) is 19.0 Å². The van der Waals surface area contributed by atoms with Gasteiger partial charge < -0.3 is 14.8 Å². The van der Waals surface area contributed by atoms with E-state index < -0.39 is 16.1 Å². The number of carbonyl (C=O) groups excluding carboxylic acids is 1. The van der Waals surface area contributed by atoms with Gasteiger partial charge in [0.2, 0.25) is 15.9 Å². The van der Waals surface area contributed by atoms with Crippen molar-refractivity contribution in [1.29, 1.82) is 0 Å². The second-order valence-electron chi connectivity index (χ2n) is 8.15. The molecule has 0 radical (unpaired) electrons. The van der Waals surface area contributed by atoms with E-state index in [1.165, 1.54) is 30.5 Å². The van der Waals surface area contributed by atoms with Crippen LogP contribution in [0.15, 0.2) is 34.7 Å². The third kappa shape index (κ3) is 5.98. The molecule has 0 unspecified atom stereocenters. The fraction of sp³-hybridized carbons (Fsp3) is 0.591. The Balaban J connectivity index is 1.65. The molecule has 2 aliphatic rings. The molecule has 1 heterocycles. The van der Waals surface area contributed by atoms with Gasteiger partial charge in [-0.05, 0) is 50.2 Å². The van der Waals surface area contributed by atoms with Crippen LogP contribution in [0.2, 0.25) is 0 Å². The number of benzene rings is 1. The molecule has 7 nitrogen and oxygen atoms in total. The summed E-state index contributed by atoms with van der Waals surface area (Å²) in [7, 11) is -3.90. The fourth-order valence-electron chi connectivity index (χ4n) is 3.63. The van der Waals surface area contributed by atoms with Crippen LogP contribution in [-0.4, -0.2) is 40.1 Å². The Hall–Kier alpha value is -2.06. The minimum absolute atomic E-state index is 0.0533. The molecule has 1 amide bonds. The van der Waals surface area contributed by atoms with Crippen LogP contribution in [0.1, 0.15) is 52.4 Å². The molecule has 2 N–H and O–H groups in total. The zero-order chi connectivity index (χ0) is 21.6. The lowest BCUT2D eigenvalue weighted by atomic mass is 9.97. The van der Waals surface area contributed by atoms with E-state index in [-0.39, 0.29) is 16.7 Å². The van der Waals surface area contributed by atoms with Crippen LogP contribution < -0.4 is 19.5 Å². The van der Waals surface area contributed by atoms with Gasteiger partial charge in [0.25, 0.3) is 0 Å². The molecular weight excluding hydrogens is 404 g/mol. The van der Waals surface area contributed by atoms with Gasteiger partial charge in [-0.2, -0.15) is 4.72 Å². The maximum atomic E-state index is 12.9. The average Bonchev–Trinajstić information content (AvgIpc) is 2.97. The lowest BCUT2D eigenvalue weighted by Gasteiger charge is -2.22. The first-order valence-electron chi connectivity index (χ1n) is 10.7. The highest BCUT2D eigenvalue weighted by Crippen LogP contribution is 2.32. The van der Waals surface area contributed by atoms with Crippen LogP contribution in [0.5, 0.6) is 11.5 Å². The topological polar surface area (TPSA) is 93.7 Å². The van der Waals surface area contributed by atoms with Crippen molar-refractivity contribution in [3.8, 4) is 11.5 Å². The Morgan fingerprint density at radius 3 is 2.57 bits per heavy atom. The van der Waals surface area contributed by atoms with E-state index in [2.05, 4.69) is 16.1 Å². The molecule has 1 atom stereocenters. The molecule has 1 aromatic rings. The van der Waals surface area contributed by atoms with Crippen molar-refractivity contribution < 1.29 is 22.7 Å². The van der Waals surface area contributed by atoms with E-state index in [0.717, 1.165) is 25.7 Å². The molecule has 0 spiro atoms. The Labute approximate surface area is 179 Å². The van der Waals surface area contributed by atoms with Crippen LogP contribution >= 0.6 is 0 Å². The molecule has 3 rings (SSSR count). The molecular formula is C22H32N2O5S. The number of carbonyl (C=O) groups is 1.